The molecule has 17 heavy (non-hydrogen) atoms. The lowest BCUT2D eigenvalue weighted by molar-refractivity contribution is -0.137. The molecule has 1 aromatic heterocycles. The summed E-state index contributed by atoms with van der Waals surface area (Å²) in [4.78, 5) is 26.9. The zero-order valence-corrected chi connectivity index (χ0v) is 9.39. The molecule has 0 atom stereocenters. The summed E-state index contributed by atoms with van der Waals surface area (Å²) < 4.78 is 13.2. The summed E-state index contributed by atoms with van der Waals surface area (Å²) in [5.41, 5.74) is -0.0576. The molecule has 1 amide bonds. The van der Waals surface area contributed by atoms with Crippen molar-refractivity contribution in [3.8, 4) is 0 Å². The van der Waals surface area contributed by atoms with Crippen LogP contribution in [0.5, 0.6) is 0 Å². The third-order valence-electron chi connectivity index (χ3n) is 2.23. The van der Waals surface area contributed by atoms with E-state index in [-0.39, 0.29) is 18.5 Å². The molecule has 0 aliphatic carbocycles. The molecule has 1 rings (SSSR count). The van der Waals surface area contributed by atoms with Crippen molar-refractivity contribution in [1.82, 2.24) is 9.88 Å². The second-order valence-electron chi connectivity index (χ2n) is 3.58. The Hall–Kier alpha value is -1.98. The Morgan fingerprint density at radius 1 is 1.53 bits per heavy atom. The Labute approximate surface area is 97.9 Å². The van der Waals surface area contributed by atoms with Gasteiger partial charge in [-0.15, -0.1) is 0 Å². The van der Waals surface area contributed by atoms with Gasteiger partial charge < -0.3 is 10.0 Å². The van der Waals surface area contributed by atoms with Gasteiger partial charge in [-0.25, -0.2) is 4.39 Å². The van der Waals surface area contributed by atoms with Crippen LogP contribution in [0.3, 0.4) is 0 Å². The average Bonchev–Trinajstić information content (AvgIpc) is 2.28. The lowest BCUT2D eigenvalue weighted by Gasteiger charge is -2.16. The SMILES string of the molecule is CN(CCCC(=O)O)C(=O)c1ccncc1F. The number of carboxylic acids is 1. The third kappa shape index (κ3) is 3.82. The van der Waals surface area contributed by atoms with E-state index in [1.807, 2.05) is 0 Å². The Kier molecular flexibility index (Phi) is 4.56. The Bertz CT molecular complexity index is 423. The fraction of sp³-hybridized carbons (Fsp3) is 0.364. The molecule has 1 heterocycles. The molecule has 1 aromatic rings. The fourth-order valence-corrected chi connectivity index (χ4v) is 1.32. The van der Waals surface area contributed by atoms with E-state index in [4.69, 9.17) is 5.11 Å². The number of hydrogen-bond donors (Lipinski definition) is 1. The molecule has 0 fully saturated rings. The first-order chi connectivity index (χ1) is 8.02. The predicted octanol–water partition coefficient (Wildman–Crippen LogP) is 1.16. The largest absolute Gasteiger partial charge is 0.481 e. The molecule has 0 aliphatic rings. The monoisotopic (exact) mass is 240 g/mol. The molecule has 0 aromatic carbocycles. The highest BCUT2D eigenvalue weighted by Gasteiger charge is 2.15. The minimum absolute atomic E-state index is 0.0174. The van der Waals surface area contributed by atoms with Gasteiger partial charge in [0.15, 0.2) is 5.82 Å². The molecule has 5 nitrogen and oxygen atoms in total. The summed E-state index contributed by atoms with van der Waals surface area (Å²) in [6, 6.07) is 1.30. The summed E-state index contributed by atoms with van der Waals surface area (Å²) in [5.74, 6) is -2.07. The van der Waals surface area contributed by atoms with E-state index in [0.717, 1.165) is 6.20 Å². The van der Waals surface area contributed by atoms with Gasteiger partial charge in [0.1, 0.15) is 0 Å². The molecule has 0 bridgehead atoms. The summed E-state index contributed by atoms with van der Waals surface area (Å²) in [6.07, 6.45) is 2.63. The van der Waals surface area contributed by atoms with E-state index in [1.165, 1.54) is 24.2 Å². The van der Waals surface area contributed by atoms with Crippen LogP contribution in [0, 0.1) is 5.82 Å². The number of nitrogens with zero attached hydrogens (tertiary/aromatic N) is 2. The van der Waals surface area contributed by atoms with Crippen LogP contribution in [-0.2, 0) is 4.79 Å². The maximum absolute atomic E-state index is 13.2. The minimum atomic E-state index is -0.916. The van der Waals surface area contributed by atoms with Crippen LogP contribution in [0.2, 0.25) is 0 Å². The van der Waals surface area contributed by atoms with Gasteiger partial charge in [0, 0.05) is 26.2 Å². The van der Waals surface area contributed by atoms with Crippen molar-refractivity contribution in [3.63, 3.8) is 0 Å². The fourth-order valence-electron chi connectivity index (χ4n) is 1.32. The third-order valence-corrected chi connectivity index (χ3v) is 2.23. The molecule has 1 N–H and O–H groups in total. The van der Waals surface area contributed by atoms with Crippen molar-refractivity contribution in [2.75, 3.05) is 13.6 Å². The van der Waals surface area contributed by atoms with Gasteiger partial charge in [0.2, 0.25) is 0 Å². The number of aromatic nitrogens is 1. The molecule has 6 heteroatoms. The lowest BCUT2D eigenvalue weighted by atomic mass is 10.2. The van der Waals surface area contributed by atoms with Gasteiger partial charge in [-0.3, -0.25) is 14.6 Å². The number of pyridine rings is 1. The predicted molar refractivity (Wildman–Crippen MR) is 58.0 cm³/mol. The van der Waals surface area contributed by atoms with Gasteiger partial charge in [-0.2, -0.15) is 0 Å². The first-order valence-corrected chi connectivity index (χ1v) is 5.09. The number of amides is 1. The second-order valence-corrected chi connectivity index (χ2v) is 3.58. The topological polar surface area (TPSA) is 70.5 Å². The van der Waals surface area contributed by atoms with Crippen LogP contribution >= 0.6 is 0 Å². The zero-order valence-electron chi connectivity index (χ0n) is 9.39. The van der Waals surface area contributed by atoms with Gasteiger partial charge in [0.05, 0.1) is 11.8 Å². The van der Waals surface area contributed by atoms with E-state index in [1.54, 1.807) is 0 Å². The van der Waals surface area contributed by atoms with Crippen LogP contribution in [0.1, 0.15) is 23.2 Å². The molecule has 0 saturated heterocycles. The number of carbonyl (C=O) groups is 2. The number of hydrogen-bond acceptors (Lipinski definition) is 3. The summed E-state index contributed by atoms with van der Waals surface area (Å²) in [6.45, 7) is 0.271. The van der Waals surface area contributed by atoms with Crippen molar-refractivity contribution < 1.29 is 19.1 Å². The first-order valence-electron chi connectivity index (χ1n) is 5.09. The van der Waals surface area contributed by atoms with Crippen LogP contribution in [0.4, 0.5) is 4.39 Å². The van der Waals surface area contributed by atoms with Crippen molar-refractivity contribution in [1.29, 1.82) is 0 Å². The Morgan fingerprint density at radius 2 is 2.24 bits per heavy atom. The van der Waals surface area contributed by atoms with Gasteiger partial charge >= 0.3 is 5.97 Å². The highest BCUT2D eigenvalue weighted by atomic mass is 19.1. The zero-order chi connectivity index (χ0) is 12.8. The van der Waals surface area contributed by atoms with Crippen molar-refractivity contribution >= 4 is 11.9 Å². The molecule has 0 spiro atoms. The summed E-state index contributed by atoms with van der Waals surface area (Å²) in [7, 11) is 1.50. The normalized spacial score (nSPS) is 10.0. The maximum atomic E-state index is 13.2. The highest BCUT2D eigenvalue weighted by Crippen LogP contribution is 2.08. The van der Waals surface area contributed by atoms with Crippen molar-refractivity contribution in [2.45, 2.75) is 12.8 Å². The van der Waals surface area contributed by atoms with Crippen molar-refractivity contribution in [3.05, 3.63) is 29.8 Å². The van der Waals surface area contributed by atoms with Gasteiger partial charge in [-0.1, -0.05) is 0 Å². The average molecular weight is 240 g/mol. The van der Waals surface area contributed by atoms with Crippen LogP contribution in [0.15, 0.2) is 18.5 Å². The van der Waals surface area contributed by atoms with E-state index >= 15 is 0 Å². The molecular weight excluding hydrogens is 227 g/mol. The standard InChI is InChI=1S/C11H13FN2O3/c1-14(6-2-3-10(15)16)11(17)8-4-5-13-7-9(8)12/h4-5,7H,2-3,6H2,1H3,(H,15,16). The van der Waals surface area contributed by atoms with Crippen LogP contribution < -0.4 is 0 Å². The van der Waals surface area contributed by atoms with Crippen LogP contribution in [-0.4, -0.2) is 40.5 Å². The number of rotatable bonds is 5. The lowest BCUT2D eigenvalue weighted by Crippen LogP contribution is -2.28. The van der Waals surface area contributed by atoms with Crippen LogP contribution in [0.25, 0.3) is 0 Å². The summed E-state index contributed by atoms with van der Waals surface area (Å²) in [5, 5.41) is 8.45. The van der Waals surface area contributed by atoms with Crippen molar-refractivity contribution in [2.24, 2.45) is 0 Å². The molecule has 0 aliphatic heterocycles. The van der Waals surface area contributed by atoms with Gasteiger partial charge in [0.25, 0.3) is 5.91 Å². The van der Waals surface area contributed by atoms with E-state index in [9.17, 15) is 14.0 Å². The smallest absolute Gasteiger partial charge is 0.303 e. The van der Waals surface area contributed by atoms with E-state index in [0.29, 0.717) is 6.42 Å². The molecule has 92 valence electrons. The second kappa shape index (κ2) is 5.93. The number of carboxylic acid groups (broad SMARTS) is 1. The van der Waals surface area contributed by atoms with E-state index < -0.39 is 17.7 Å². The molecule has 0 unspecified atom stereocenters. The Balaban J connectivity index is 2.58. The number of halogens is 1. The molecular formula is C11H13FN2O3. The quantitative estimate of drug-likeness (QED) is 0.838. The number of carbonyl (C=O) groups excluding carboxylic acids is 1. The summed E-state index contributed by atoms with van der Waals surface area (Å²) >= 11 is 0. The molecule has 0 radical (unpaired) electrons. The van der Waals surface area contributed by atoms with Gasteiger partial charge in [-0.05, 0) is 12.5 Å². The first kappa shape index (κ1) is 13.1. The minimum Gasteiger partial charge on any atom is -0.481 e. The van der Waals surface area contributed by atoms with E-state index in [2.05, 4.69) is 4.98 Å². The maximum Gasteiger partial charge on any atom is 0.303 e. The Morgan fingerprint density at radius 3 is 2.82 bits per heavy atom. The highest BCUT2D eigenvalue weighted by molar-refractivity contribution is 5.94. The number of aliphatic carboxylic acids is 1. The molecule has 0 saturated carbocycles.